The van der Waals surface area contributed by atoms with Crippen molar-refractivity contribution in [3.8, 4) is 22.3 Å². The molecule has 0 saturated heterocycles. The number of thiophene rings is 1. The van der Waals surface area contributed by atoms with Crippen molar-refractivity contribution in [1.29, 1.82) is 0 Å². The summed E-state index contributed by atoms with van der Waals surface area (Å²) in [6.07, 6.45) is 0. The molecule has 0 aliphatic rings. The van der Waals surface area contributed by atoms with Crippen LogP contribution < -0.4 is 14.8 Å². The second-order valence-electron chi connectivity index (χ2n) is 4.54. The van der Waals surface area contributed by atoms with Gasteiger partial charge in [0, 0.05) is 0 Å². The molecular formula is C15H12BrN3O4S. The maximum absolute atomic E-state index is 12.4. The molecule has 0 spiro atoms. The molecule has 7 nitrogen and oxygen atoms in total. The lowest BCUT2D eigenvalue weighted by molar-refractivity contribution is 0.102. The van der Waals surface area contributed by atoms with Gasteiger partial charge >= 0.3 is 6.01 Å². The maximum atomic E-state index is 12.4. The van der Waals surface area contributed by atoms with E-state index in [2.05, 4.69) is 31.4 Å². The highest BCUT2D eigenvalue weighted by atomic mass is 79.9. The molecule has 124 valence electrons. The third-order valence-corrected chi connectivity index (χ3v) is 4.69. The minimum Gasteiger partial charge on any atom is -0.497 e. The Morgan fingerprint density at radius 2 is 2.04 bits per heavy atom. The molecule has 2 aromatic heterocycles. The molecule has 0 bridgehead atoms. The van der Waals surface area contributed by atoms with Crippen molar-refractivity contribution in [2.24, 2.45) is 0 Å². The Kier molecular flexibility index (Phi) is 4.81. The molecule has 0 radical (unpaired) electrons. The largest absolute Gasteiger partial charge is 0.497 e. The number of benzene rings is 1. The van der Waals surface area contributed by atoms with Gasteiger partial charge in [-0.15, -0.1) is 16.4 Å². The number of anilines is 1. The molecule has 3 rings (SSSR count). The standard InChI is InChI=1S/C15H12BrN3O4S/c1-21-8-3-4-10(22-2)9(7-8)13(20)17-15-19-18-14(23-15)11-5-6-12(16)24-11/h3-7H,1-2H3,(H,17,19,20). The summed E-state index contributed by atoms with van der Waals surface area (Å²) in [4.78, 5) is 13.2. The molecule has 3 aromatic rings. The van der Waals surface area contributed by atoms with Gasteiger partial charge in [0.15, 0.2) is 0 Å². The summed E-state index contributed by atoms with van der Waals surface area (Å²) in [6.45, 7) is 0. The fourth-order valence-electron chi connectivity index (χ4n) is 1.96. The summed E-state index contributed by atoms with van der Waals surface area (Å²) in [7, 11) is 3.00. The Hall–Kier alpha value is -2.39. The topological polar surface area (TPSA) is 86.5 Å². The lowest BCUT2D eigenvalue weighted by Gasteiger charge is -2.09. The first-order valence-corrected chi connectivity index (χ1v) is 8.34. The number of hydrogen-bond acceptors (Lipinski definition) is 7. The molecule has 0 fully saturated rings. The van der Waals surface area contributed by atoms with E-state index in [1.165, 1.54) is 25.6 Å². The van der Waals surface area contributed by atoms with Crippen LogP contribution in [0.1, 0.15) is 10.4 Å². The molecule has 2 heterocycles. The average molecular weight is 410 g/mol. The van der Waals surface area contributed by atoms with Gasteiger partial charge in [-0.25, -0.2) is 0 Å². The molecular weight excluding hydrogens is 398 g/mol. The summed E-state index contributed by atoms with van der Waals surface area (Å²) >= 11 is 4.82. The van der Waals surface area contributed by atoms with Crippen LogP contribution in [0, 0.1) is 0 Å². The zero-order chi connectivity index (χ0) is 17.1. The zero-order valence-electron chi connectivity index (χ0n) is 12.7. The van der Waals surface area contributed by atoms with Gasteiger partial charge in [0.05, 0.1) is 28.4 Å². The Morgan fingerprint density at radius 1 is 1.21 bits per heavy atom. The molecule has 1 aromatic carbocycles. The van der Waals surface area contributed by atoms with E-state index >= 15 is 0 Å². The molecule has 1 N–H and O–H groups in total. The van der Waals surface area contributed by atoms with Crippen molar-refractivity contribution in [3.63, 3.8) is 0 Å². The van der Waals surface area contributed by atoms with E-state index in [1.54, 1.807) is 18.2 Å². The SMILES string of the molecule is COc1ccc(OC)c(C(=O)Nc2nnc(-c3ccc(Br)s3)o2)c1. The van der Waals surface area contributed by atoms with Crippen molar-refractivity contribution >= 4 is 39.2 Å². The second kappa shape index (κ2) is 7.02. The van der Waals surface area contributed by atoms with Gasteiger partial charge < -0.3 is 13.9 Å². The molecule has 9 heteroatoms. The fraction of sp³-hybridized carbons (Fsp3) is 0.133. The number of ether oxygens (including phenoxy) is 2. The Morgan fingerprint density at radius 3 is 2.71 bits per heavy atom. The Bertz CT molecular complexity index is 877. The Balaban J connectivity index is 1.81. The number of hydrogen-bond donors (Lipinski definition) is 1. The van der Waals surface area contributed by atoms with E-state index in [4.69, 9.17) is 13.9 Å². The first-order chi connectivity index (χ1) is 11.6. The number of methoxy groups -OCH3 is 2. The number of halogens is 1. The van der Waals surface area contributed by atoms with Gasteiger partial charge in [0.25, 0.3) is 11.8 Å². The first kappa shape index (κ1) is 16.5. The van der Waals surface area contributed by atoms with E-state index < -0.39 is 5.91 Å². The highest BCUT2D eigenvalue weighted by Crippen LogP contribution is 2.31. The quantitative estimate of drug-likeness (QED) is 0.688. The molecule has 24 heavy (non-hydrogen) atoms. The number of carbonyl (C=O) groups is 1. The summed E-state index contributed by atoms with van der Waals surface area (Å²) in [5, 5.41) is 10.3. The highest BCUT2D eigenvalue weighted by Gasteiger charge is 2.17. The number of rotatable bonds is 5. The van der Waals surface area contributed by atoms with E-state index in [0.29, 0.717) is 23.0 Å². The van der Waals surface area contributed by atoms with Gasteiger partial charge in [-0.1, -0.05) is 5.10 Å². The van der Waals surface area contributed by atoms with Crippen LogP contribution in [0.5, 0.6) is 11.5 Å². The van der Waals surface area contributed by atoms with Crippen molar-refractivity contribution in [3.05, 3.63) is 39.7 Å². The molecule has 0 atom stereocenters. The van der Waals surface area contributed by atoms with Crippen LogP contribution in [0.25, 0.3) is 10.8 Å². The van der Waals surface area contributed by atoms with E-state index in [1.807, 2.05) is 12.1 Å². The summed E-state index contributed by atoms with van der Waals surface area (Å²) in [5.74, 6) is 0.845. The summed E-state index contributed by atoms with van der Waals surface area (Å²) in [5.41, 5.74) is 0.301. The maximum Gasteiger partial charge on any atom is 0.322 e. The monoisotopic (exact) mass is 409 g/mol. The van der Waals surface area contributed by atoms with Gasteiger partial charge in [-0.2, -0.15) is 0 Å². The van der Waals surface area contributed by atoms with Crippen LogP contribution in [0.4, 0.5) is 6.01 Å². The van der Waals surface area contributed by atoms with Crippen LogP contribution in [0.15, 0.2) is 38.5 Å². The minimum absolute atomic E-state index is 0.00407. The lowest BCUT2D eigenvalue weighted by atomic mass is 10.1. The number of amides is 1. The summed E-state index contributed by atoms with van der Waals surface area (Å²) < 4.78 is 16.7. The smallest absolute Gasteiger partial charge is 0.322 e. The third-order valence-electron chi connectivity index (χ3n) is 3.08. The fourth-order valence-corrected chi connectivity index (χ4v) is 3.27. The van der Waals surface area contributed by atoms with Crippen LogP contribution in [-0.2, 0) is 0 Å². The number of nitrogens with one attached hydrogen (secondary N) is 1. The number of aromatic nitrogens is 2. The molecule has 0 aliphatic carbocycles. The second-order valence-corrected chi connectivity index (χ2v) is 7.00. The lowest BCUT2D eigenvalue weighted by Crippen LogP contribution is -2.13. The molecule has 0 saturated carbocycles. The van der Waals surface area contributed by atoms with E-state index in [-0.39, 0.29) is 6.01 Å². The van der Waals surface area contributed by atoms with Crippen molar-refractivity contribution in [2.45, 2.75) is 0 Å². The highest BCUT2D eigenvalue weighted by molar-refractivity contribution is 9.11. The summed E-state index contributed by atoms with van der Waals surface area (Å²) in [6, 6.07) is 8.65. The van der Waals surface area contributed by atoms with E-state index in [0.717, 1.165) is 8.66 Å². The molecule has 0 unspecified atom stereocenters. The normalized spacial score (nSPS) is 10.5. The van der Waals surface area contributed by atoms with Gasteiger partial charge in [0.1, 0.15) is 11.5 Å². The van der Waals surface area contributed by atoms with Crippen molar-refractivity contribution in [2.75, 3.05) is 19.5 Å². The number of carbonyl (C=O) groups excluding carboxylic acids is 1. The minimum atomic E-state index is -0.437. The van der Waals surface area contributed by atoms with Crippen LogP contribution >= 0.6 is 27.3 Å². The van der Waals surface area contributed by atoms with Crippen LogP contribution in [0.2, 0.25) is 0 Å². The van der Waals surface area contributed by atoms with Crippen molar-refractivity contribution < 1.29 is 18.7 Å². The molecule has 0 aliphatic heterocycles. The first-order valence-electron chi connectivity index (χ1n) is 6.73. The predicted octanol–water partition coefficient (Wildman–Crippen LogP) is 3.83. The molecule has 1 amide bonds. The Labute approximate surface area is 149 Å². The third kappa shape index (κ3) is 3.41. The van der Waals surface area contributed by atoms with Crippen molar-refractivity contribution in [1.82, 2.24) is 10.2 Å². The average Bonchev–Trinajstić information content (AvgIpc) is 3.23. The number of nitrogens with zero attached hydrogens (tertiary/aromatic N) is 2. The van der Waals surface area contributed by atoms with E-state index in [9.17, 15) is 4.79 Å². The van der Waals surface area contributed by atoms with Gasteiger partial charge in [-0.05, 0) is 46.3 Å². The van der Waals surface area contributed by atoms with Gasteiger partial charge in [0.2, 0.25) is 0 Å². The zero-order valence-corrected chi connectivity index (χ0v) is 15.1. The van der Waals surface area contributed by atoms with Crippen LogP contribution in [0.3, 0.4) is 0 Å². The van der Waals surface area contributed by atoms with Crippen LogP contribution in [-0.4, -0.2) is 30.3 Å². The predicted molar refractivity (Wildman–Crippen MR) is 92.8 cm³/mol. The van der Waals surface area contributed by atoms with Gasteiger partial charge in [-0.3, -0.25) is 10.1 Å².